The molecule has 27 heavy (non-hydrogen) atoms. The zero-order valence-corrected chi connectivity index (χ0v) is 14.8. The van der Waals surface area contributed by atoms with E-state index < -0.39 is 120 Å². The normalized spacial score (nSPS) is 19.0. The van der Waals surface area contributed by atoms with Crippen LogP contribution >= 0.6 is 7.26 Å². The Morgan fingerprint density at radius 3 is 1.52 bits per heavy atom. The Hall–Kier alpha value is -2.89. The summed E-state index contributed by atoms with van der Waals surface area (Å²) in [6.45, 7) is 0. The van der Waals surface area contributed by atoms with Crippen molar-refractivity contribution in [2.24, 2.45) is 0 Å². The lowest BCUT2D eigenvalue weighted by atomic mass is 10.2. The Balaban J connectivity index is 2.47. The molecular formula is C25H22OP+. The molecule has 0 spiro atoms. The zero-order valence-electron chi connectivity index (χ0n) is 28.9. The highest BCUT2D eigenvalue weighted by Gasteiger charge is 2.45. The van der Waals surface area contributed by atoms with Crippen LogP contribution in [0.2, 0.25) is 0 Å². The van der Waals surface area contributed by atoms with Crippen molar-refractivity contribution in [1.82, 2.24) is 0 Å². The molecule has 4 rings (SSSR count). The molecule has 0 saturated carbocycles. The number of hydrogen-bond acceptors (Lipinski definition) is 1. The summed E-state index contributed by atoms with van der Waals surface area (Å²) in [5.41, 5.74) is 0.189. The van der Waals surface area contributed by atoms with E-state index in [0.717, 1.165) is 0 Å². The van der Waals surface area contributed by atoms with Crippen molar-refractivity contribution < 1.29 is 25.7 Å². The molecule has 0 fully saturated rings. The monoisotopic (exact) mass is 384 g/mol. The smallest absolute Gasteiger partial charge is 0.116 e. The van der Waals surface area contributed by atoms with Gasteiger partial charge in [0.1, 0.15) is 28.9 Å². The molecule has 0 heterocycles. The Morgan fingerprint density at radius 2 is 1.11 bits per heavy atom. The molecule has 132 valence electrons. The minimum absolute atomic E-state index is 0.189. The molecule has 0 bridgehead atoms. The van der Waals surface area contributed by atoms with Crippen LogP contribution in [0, 0.1) is 0 Å². The van der Waals surface area contributed by atoms with Crippen LogP contribution in [0.3, 0.4) is 0 Å². The molecule has 0 saturated heterocycles. The fourth-order valence-corrected chi connectivity index (χ4v) is 6.17. The van der Waals surface area contributed by atoms with Crippen molar-refractivity contribution >= 4 is 23.2 Å². The maximum absolute atomic E-state index is 10.3. The van der Waals surface area contributed by atoms with Gasteiger partial charge in [0.2, 0.25) is 0 Å². The highest BCUT2D eigenvalue weighted by molar-refractivity contribution is 7.95. The van der Waals surface area contributed by atoms with E-state index in [1.54, 1.807) is 0 Å². The lowest BCUT2D eigenvalue weighted by molar-refractivity contribution is 0.475. The molecule has 0 atom stereocenters. The van der Waals surface area contributed by atoms with E-state index in [0.29, 0.717) is 0 Å². The third-order valence-corrected chi connectivity index (χ3v) is 7.74. The van der Waals surface area contributed by atoms with Crippen LogP contribution in [-0.4, -0.2) is 5.11 Å². The number of hydrogen-bond donors (Lipinski definition) is 1. The van der Waals surface area contributed by atoms with Crippen molar-refractivity contribution in [3.05, 3.63) is 120 Å². The van der Waals surface area contributed by atoms with E-state index in [-0.39, 0.29) is 11.3 Å². The zero-order chi connectivity index (χ0) is 31.6. The standard InChI is InChI=1S/C25H21OP/c26-22-12-10-11-21(19-22)20-27(23-13-4-1-5-14-23,24-15-6-2-7-16-24)25-17-8-3-9-18-25/h1-19H,20H2/p+1/i1D,2D,3D,4D,5D,6D,7D,8D,9D,13D,14D,15D,16D,17D,18D. The second kappa shape index (κ2) is 7.78. The van der Waals surface area contributed by atoms with Gasteiger partial charge in [0.05, 0.1) is 26.7 Å². The first kappa shape index (κ1) is 7.26. The number of phenols is 1. The van der Waals surface area contributed by atoms with Crippen molar-refractivity contribution in [2.45, 2.75) is 6.16 Å². The van der Waals surface area contributed by atoms with Gasteiger partial charge in [-0.15, -0.1) is 0 Å². The molecule has 0 aromatic heterocycles. The number of rotatable bonds is 5. The molecular weight excluding hydrogens is 347 g/mol. The number of phenolic OH excluding ortho intramolecular Hbond substituents is 1. The summed E-state index contributed by atoms with van der Waals surface area (Å²) in [5.74, 6) is -0.256. The molecule has 1 N–H and O–H groups in total. The van der Waals surface area contributed by atoms with Crippen LogP contribution in [0.25, 0.3) is 0 Å². The molecule has 2 heteroatoms. The van der Waals surface area contributed by atoms with Gasteiger partial charge in [-0.2, -0.15) is 0 Å². The highest BCUT2D eigenvalue weighted by Crippen LogP contribution is 2.58. The minimum atomic E-state index is -4.45. The average molecular weight is 385 g/mol. The molecule has 0 radical (unpaired) electrons. The summed E-state index contributed by atoms with van der Waals surface area (Å²) >= 11 is 0. The van der Waals surface area contributed by atoms with Crippen LogP contribution < -0.4 is 15.9 Å². The third kappa shape index (κ3) is 3.52. The van der Waals surface area contributed by atoms with E-state index >= 15 is 0 Å². The maximum Gasteiger partial charge on any atom is 0.116 e. The molecule has 0 aliphatic heterocycles. The largest absolute Gasteiger partial charge is 0.508 e. The van der Waals surface area contributed by atoms with Gasteiger partial charge < -0.3 is 5.11 Å². The van der Waals surface area contributed by atoms with E-state index in [9.17, 15) is 5.11 Å². The van der Waals surface area contributed by atoms with Gasteiger partial charge in [-0.05, 0) is 54.0 Å². The van der Waals surface area contributed by atoms with Gasteiger partial charge >= 0.3 is 0 Å². The highest BCUT2D eigenvalue weighted by atomic mass is 31.2. The van der Waals surface area contributed by atoms with Gasteiger partial charge in [0.15, 0.2) is 0 Å². The lowest BCUT2D eigenvalue weighted by Gasteiger charge is -2.27. The first-order valence-electron chi connectivity index (χ1n) is 15.4. The number of benzene rings is 4. The topological polar surface area (TPSA) is 20.2 Å². The summed E-state index contributed by atoms with van der Waals surface area (Å²) < 4.78 is 128. The summed E-state index contributed by atoms with van der Waals surface area (Å²) in [6, 6.07) is -6.82. The third-order valence-electron chi connectivity index (χ3n) is 3.94. The van der Waals surface area contributed by atoms with Gasteiger partial charge in [0.25, 0.3) is 0 Å². The van der Waals surface area contributed by atoms with Crippen LogP contribution in [0.5, 0.6) is 5.75 Å². The predicted molar refractivity (Wildman–Crippen MR) is 117 cm³/mol. The molecule has 0 aliphatic rings. The fraction of sp³-hybridized carbons (Fsp3) is 0.0400. The van der Waals surface area contributed by atoms with Crippen molar-refractivity contribution in [3.63, 3.8) is 0 Å². The van der Waals surface area contributed by atoms with Crippen molar-refractivity contribution in [1.29, 1.82) is 0 Å². The van der Waals surface area contributed by atoms with Gasteiger partial charge in [0, 0.05) is 0 Å². The van der Waals surface area contributed by atoms with Crippen LogP contribution in [0.1, 0.15) is 26.1 Å². The molecule has 0 amide bonds. The van der Waals surface area contributed by atoms with Gasteiger partial charge in [-0.25, -0.2) is 0 Å². The molecule has 1 nitrogen and oxygen atoms in total. The molecule has 0 aliphatic carbocycles. The van der Waals surface area contributed by atoms with Gasteiger partial charge in [-0.1, -0.05) is 66.5 Å². The second-order valence-electron chi connectivity index (χ2n) is 5.56. The second-order valence-corrected chi connectivity index (χ2v) is 8.84. The summed E-state index contributed by atoms with van der Waals surface area (Å²) in [5, 5.41) is 8.58. The minimum Gasteiger partial charge on any atom is -0.508 e. The van der Waals surface area contributed by atoms with Crippen molar-refractivity contribution in [2.75, 3.05) is 0 Å². The Labute approximate surface area is 182 Å². The first-order valence-corrected chi connectivity index (χ1v) is 9.86. The quantitative estimate of drug-likeness (QED) is 0.486. The Bertz CT molecular complexity index is 1530. The van der Waals surface area contributed by atoms with Gasteiger partial charge in [-0.3, -0.25) is 0 Å². The van der Waals surface area contributed by atoms with Crippen LogP contribution in [0.4, 0.5) is 0 Å². The molecule has 4 aromatic carbocycles. The van der Waals surface area contributed by atoms with E-state index in [1.807, 2.05) is 0 Å². The van der Waals surface area contributed by atoms with Crippen LogP contribution in [0.15, 0.2) is 115 Å². The van der Waals surface area contributed by atoms with E-state index in [2.05, 4.69) is 0 Å². The average Bonchev–Trinajstić information content (AvgIpc) is 2.95. The SMILES string of the molecule is [2H]c1c([2H])c([2H])c([P+](Cc2cccc(O)c2)(c2c([2H])c([2H])c([2H])c([2H])c2[2H])c2c([2H])c([2H])c([2H])c([2H])c2[2H])c([2H])c1[2H]. The predicted octanol–water partition coefficient (Wildman–Crippen LogP) is 4.89. The summed E-state index contributed by atoms with van der Waals surface area (Å²) in [7, 11) is -4.45. The Kier molecular flexibility index (Phi) is 2.09. The lowest BCUT2D eigenvalue weighted by Crippen LogP contribution is -2.32. The summed E-state index contributed by atoms with van der Waals surface area (Å²) in [4.78, 5) is 0. The summed E-state index contributed by atoms with van der Waals surface area (Å²) in [6.07, 6.45) is -0.530. The first-order chi connectivity index (χ1) is 19.5. The van der Waals surface area contributed by atoms with Crippen molar-refractivity contribution in [3.8, 4) is 5.75 Å². The maximum atomic E-state index is 10.3. The molecule has 0 unspecified atom stereocenters. The van der Waals surface area contributed by atoms with E-state index in [1.165, 1.54) is 24.3 Å². The number of aromatic hydroxyl groups is 1. The molecule has 4 aromatic rings. The van der Waals surface area contributed by atoms with E-state index in [4.69, 9.17) is 20.6 Å². The van der Waals surface area contributed by atoms with Crippen LogP contribution in [-0.2, 0) is 6.16 Å². The fourth-order valence-electron chi connectivity index (χ4n) is 2.80. The Morgan fingerprint density at radius 1 is 0.667 bits per heavy atom.